The Morgan fingerprint density at radius 3 is 2.52 bits per heavy atom. The van der Waals surface area contributed by atoms with Crippen molar-refractivity contribution in [2.75, 3.05) is 25.5 Å². The second kappa shape index (κ2) is 13.8. The van der Waals surface area contributed by atoms with Crippen molar-refractivity contribution in [3.8, 4) is 5.00 Å². The molecule has 3 aliphatic heterocycles. The van der Waals surface area contributed by atoms with Crippen LogP contribution in [-0.2, 0) is 19.1 Å². The van der Waals surface area contributed by atoms with Crippen molar-refractivity contribution in [1.29, 1.82) is 0 Å². The number of benzene rings is 2. The van der Waals surface area contributed by atoms with Crippen LogP contribution in [0.4, 0.5) is 5.69 Å². The maximum Gasteiger partial charge on any atom is 0.308 e. The first-order chi connectivity index (χ1) is 25.0. The Morgan fingerprint density at radius 2 is 1.79 bits per heavy atom. The summed E-state index contributed by atoms with van der Waals surface area (Å²) < 4.78 is 6.77. The maximum atomic E-state index is 13.8. The zero-order chi connectivity index (χ0) is 36.8. The number of esters is 1. The quantitative estimate of drug-likeness (QED) is 0.130. The molecule has 3 aliphatic rings. The van der Waals surface area contributed by atoms with E-state index < -0.39 is 41.7 Å². The van der Waals surface area contributed by atoms with Crippen molar-refractivity contribution in [3.05, 3.63) is 91.8 Å². The van der Waals surface area contributed by atoms with E-state index in [0.717, 1.165) is 10.5 Å². The standard InChI is InChI=1S/C35H31ClN8O7S/c1-16-26-28(18-7-9-19(36)10-8-18)39-22(15-25(46)51-3)30-42-41-17(2)43(30)35(26)52-29(16)32(48)38-14-13-37-21-6-4-5-20-27(21)34(50)44(33(20)49)23-11-12-24(45)40-31(23)47/h4-10,22-23,37H,11-15H2,1-3H3,(H,38,48)(H,40,45,47). The van der Waals surface area contributed by atoms with E-state index in [1.807, 2.05) is 23.6 Å². The number of aromatic nitrogens is 3. The molecule has 52 heavy (non-hydrogen) atoms. The number of aliphatic imine (C=N–C) groups is 1. The fraction of sp³-hybridized carbons (Fsp3) is 0.286. The van der Waals surface area contributed by atoms with Crippen LogP contribution in [-0.4, -0.2) is 87.1 Å². The van der Waals surface area contributed by atoms with Crippen molar-refractivity contribution >= 4 is 69.8 Å². The molecule has 0 aliphatic carbocycles. The molecule has 1 fully saturated rings. The molecule has 3 N–H and O–H groups in total. The van der Waals surface area contributed by atoms with Crippen molar-refractivity contribution in [3.63, 3.8) is 0 Å². The summed E-state index contributed by atoms with van der Waals surface area (Å²) in [7, 11) is 1.31. The highest BCUT2D eigenvalue weighted by Crippen LogP contribution is 2.40. The molecule has 0 bridgehead atoms. The number of piperidine rings is 1. The number of aryl methyl sites for hydroxylation is 1. The second-order valence-electron chi connectivity index (χ2n) is 12.3. The third-order valence-electron chi connectivity index (χ3n) is 9.11. The minimum absolute atomic E-state index is 0.0203. The lowest BCUT2D eigenvalue weighted by molar-refractivity contribution is -0.141. The first kappa shape index (κ1) is 34.7. The number of ether oxygens (including phenoxy) is 1. The molecule has 0 radical (unpaired) electrons. The van der Waals surface area contributed by atoms with Gasteiger partial charge in [0.1, 0.15) is 22.9 Å². The number of hydrogen-bond acceptors (Lipinski definition) is 12. The molecule has 0 spiro atoms. The smallest absolute Gasteiger partial charge is 0.308 e. The van der Waals surface area contributed by atoms with E-state index in [2.05, 4.69) is 26.1 Å². The highest BCUT2D eigenvalue weighted by molar-refractivity contribution is 7.17. The summed E-state index contributed by atoms with van der Waals surface area (Å²) in [6.07, 6.45) is 0.00168. The first-order valence-corrected chi connectivity index (χ1v) is 17.5. The number of imide groups is 2. The van der Waals surface area contributed by atoms with E-state index in [9.17, 15) is 28.8 Å². The summed E-state index contributed by atoms with van der Waals surface area (Å²) in [5.74, 6) is -2.20. The van der Waals surface area contributed by atoms with Crippen LogP contribution in [0.15, 0.2) is 47.5 Å². The van der Waals surface area contributed by atoms with Crippen LogP contribution in [0.5, 0.6) is 0 Å². The molecule has 5 amide bonds. The van der Waals surface area contributed by atoms with Crippen LogP contribution >= 0.6 is 22.9 Å². The lowest BCUT2D eigenvalue weighted by Gasteiger charge is -2.27. The third-order valence-corrected chi connectivity index (χ3v) is 10.6. The molecule has 1 saturated heterocycles. The van der Waals surface area contributed by atoms with Crippen LogP contribution in [0.1, 0.15) is 84.0 Å². The second-order valence-corrected chi connectivity index (χ2v) is 13.8. The number of methoxy groups -OCH3 is 1. The van der Waals surface area contributed by atoms with E-state index in [1.54, 1.807) is 31.2 Å². The van der Waals surface area contributed by atoms with Crippen LogP contribution in [0.3, 0.4) is 0 Å². The molecular formula is C35H31ClN8O7S. The zero-order valence-electron chi connectivity index (χ0n) is 28.1. The SMILES string of the molecule is COC(=O)CC1N=C(c2ccc(Cl)cc2)c2c(sc(C(=O)NCCNc3cccc4c3C(=O)N(C3CCC(=O)NC3=O)C4=O)c2C)-n2c(C)nnc21. The molecule has 2 unspecified atom stereocenters. The lowest BCUT2D eigenvalue weighted by atomic mass is 9.99. The summed E-state index contributed by atoms with van der Waals surface area (Å²) in [5, 5.41) is 18.1. The van der Waals surface area contributed by atoms with Gasteiger partial charge < -0.3 is 15.4 Å². The average Bonchev–Trinajstić information content (AvgIpc) is 3.72. The van der Waals surface area contributed by atoms with Gasteiger partial charge in [0.15, 0.2) is 5.82 Å². The van der Waals surface area contributed by atoms with Crippen LogP contribution < -0.4 is 16.0 Å². The molecule has 2 atom stereocenters. The number of hydrogen-bond donors (Lipinski definition) is 3. The number of amides is 5. The van der Waals surface area contributed by atoms with Crippen molar-refractivity contribution in [2.45, 2.75) is 45.2 Å². The van der Waals surface area contributed by atoms with Gasteiger partial charge in [-0.05, 0) is 50.1 Å². The van der Waals surface area contributed by atoms with Gasteiger partial charge in [-0.2, -0.15) is 0 Å². The molecule has 15 nitrogen and oxygen atoms in total. The fourth-order valence-corrected chi connectivity index (χ4v) is 8.00. The summed E-state index contributed by atoms with van der Waals surface area (Å²) >= 11 is 7.45. The molecule has 4 aromatic rings. The Labute approximate surface area is 305 Å². The summed E-state index contributed by atoms with van der Waals surface area (Å²) in [5.41, 5.74) is 3.29. The highest BCUT2D eigenvalue weighted by atomic mass is 35.5. The molecular weight excluding hydrogens is 712 g/mol. The largest absolute Gasteiger partial charge is 0.469 e. The van der Waals surface area contributed by atoms with Crippen molar-refractivity contribution in [2.24, 2.45) is 4.99 Å². The lowest BCUT2D eigenvalue weighted by Crippen LogP contribution is -2.54. The Morgan fingerprint density at radius 1 is 1.02 bits per heavy atom. The number of halogens is 1. The molecule has 2 aromatic carbocycles. The van der Waals surface area contributed by atoms with Gasteiger partial charge in [-0.15, -0.1) is 21.5 Å². The number of thiophene rings is 1. The number of anilines is 1. The Kier molecular flexibility index (Phi) is 9.18. The first-order valence-electron chi connectivity index (χ1n) is 16.3. The van der Waals surface area contributed by atoms with Crippen molar-refractivity contribution in [1.82, 2.24) is 30.3 Å². The molecule has 5 heterocycles. The van der Waals surface area contributed by atoms with E-state index in [4.69, 9.17) is 21.3 Å². The number of carbonyl (C=O) groups is 6. The number of rotatable bonds is 9. The van der Waals surface area contributed by atoms with Gasteiger partial charge in [0, 0.05) is 41.3 Å². The van der Waals surface area contributed by atoms with E-state index in [0.29, 0.717) is 49.1 Å². The molecule has 2 aromatic heterocycles. The van der Waals surface area contributed by atoms with E-state index in [1.165, 1.54) is 24.5 Å². The van der Waals surface area contributed by atoms with Crippen LogP contribution in [0.25, 0.3) is 5.00 Å². The Balaban J connectivity index is 1.12. The minimum Gasteiger partial charge on any atom is -0.469 e. The molecule has 0 saturated carbocycles. The van der Waals surface area contributed by atoms with Gasteiger partial charge in [0.25, 0.3) is 17.7 Å². The van der Waals surface area contributed by atoms with Gasteiger partial charge in [0.2, 0.25) is 11.8 Å². The average molecular weight is 743 g/mol. The number of nitrogens with one attached hydrogen (secondary N) is 3. The summed E-state index contributed by atoms with van der Waals surface area (Å²) in [6, 6.07) is 10.1. The van der Waals surface area contributed by atoms with Gasteiger partial charge in [0.05, 0.1) is 35.2 Å². The van der Waals surface area contributed by atoms with E-state index in [-0.39, 0.29) is 49.4 Å². The van der Waals surface area contributed by atoms with Gasteiger partial charge in [-0.25, -0.2) is 0 Å². The Hall–Kier alpha value is -5.74. The predicted octanol–water partition coefficient (Wildman–Crippen LogP) is 3.30. The normalized spacial score (nSPS) is 17.8. The predicted molar refractivity (Wildman–Crippen MR) is 189 cm³/mol. The minimum atomic E-state index is -1.08. The zero-order valence-corrected chi connectivity index (χ0v) is 29.7. The number of carbonyl (C=O) groups excluding carboxylic acids is 6. The maximum absolute atomic E-state index is 13.8. The highest BCUT2D eigenvalue weighted by Gasteiger charge is 2.45. The molecule has 17 heteroatoms. The van der Waals surface area contributed by atoms with Crippen LogP contribution in [0, 0.1) is 13.8 Å². The summed E-state index contributed by atoms with van der Waals surface area (Å²) in [4.78, 5) is 83.3. The van der Waals surface area contributed by atoms with Gasteiger partial charge in [-0.1, -0.05) is 29.8 Å². The van der Waals surface area contributed by atoms with Gasteiger partial charge >= 0.3 is 5.97 Å². The molecule has 7 rings (SSSR count). The monoisotopic (exact) mass is 742 g/mol. The van der Waals surface area contributed by atoms with Crippen LogP contribution in [0.2, 0.25) is 5.02 Å². The third kappa shape index (κ3) is 6.02. The Bertz CT molecular complexity index is 2230. The fourth-order valence-electron chi connectivity index (χ4n) is 6.60. The summed E-state index contributed by atoms with van der Waals surface area (Å²) in [6.45, 7) is 3.97. The number of nitrogens with zero attached hydrogens (tertiary/aromatic N) is 5. The topological polar surface area (TPSA) is 194 Å². The number of fused-ring (bicyclic) bond motifs is 4. The van der Waals surface area contributed by atoms with Gasteiger partial charge in [-0.3, -0.25) is 48.5 Å². The van der Waals surface area contributed by atoms with E-state index >= 15 is 0 Å². The molecule has 266 valence electrons. The van der Waals surface area contributed by atoms with Crippen molar-refractivity contribution < 1.29 is 33.5 Å².